The van der Waals surface area contributed by atoms with Gasteiger partial charge in [0.2, 0.25) is 0 Å². The zero-order valence-corrected chi connectivity index (χ0v) is 6.91. The van der Waals surface area contributed by atoms with E-state index >= 15 is 0 Å². The lowest BCUT2D eigenvalue weighted by Crippen LogP contribution is -2.04. The predicted octanol–water partition coefficient (Wildman–Crippen LogP) is 1.84. The summed E-state index contributed by atoms with van der Waals surface area (Å²) in [6.45, 7) is 1.48. The molecule has 64 valence electrons. The smallest absolute Gasteiger partial charge is 0.166 e. The van der Waals surface area contributed by atoms with E-state index in [9.17, 15) is 4.39 Å². The van der Waals surface area contributed by atoms with E-state index in [1.165, 1.54) is 5.56 Å². The molecule has 0 aromatic heterocycles. The van der Waals surface area contributed by atoms with Gasteiger partial charge in [0.25, 0.3) is 0 Å². The first kappa shape index (κ1) is 7.74. The highest BCUT2D eigenvalue weighted by Crippen LogP contribution is 2.18. The van der Waals surface area contributed by atoms with E-state index in [2.05, 4.69) is 12.1 Å². The van der Waals surface area contributed by atoms with Crippen LogP contribution in [-0.4, -0.2) is 24.3 Å². The minimum absolute atomic E-state index is 0.632. The number of halogens is 1. The first-order valence-corrected chi connectivity index (χ1v) is 4.28. The first-order valence-electron chi connectivity index (χ1n) is 4.28. The van der Waals surface area contributed by atoms with Crippen LogP contribution in [-0.2, 0) is 6.42 Å². The summed E-state index contributed by atoms with van der Waals surface area (Å²) in [4.78, 5) is 1.83. The maximum atomic E-state index is 12.4. The number of hydrogen-bond donors (Lipinski definition) is 0. The Balaban J connectivity index is 1.80. The molecule has 1 aliphatic rings. The third-order valence-corrected chi connectivity index (χ3v) is 2.18. The Morgan fingerprint density at radius 1 is 1.33 bits per heavy atom. The van der Waals surface area contributed by atoms with Crippen LogP contribution in [0.3, 0.4) is 0 Å². The number of rotatable bonds is 3. The van der Waals surface area contributed by atoms with Crippen LogP contribution < -0.4 is 0 Å². The highest BCUT2D eigenvalue weighted by atomic mass is 19.1. The molecule has 1 fully saturated rings. The number of benzene rings is 1. The topological polar surface area (TPSA) is 3.01 Å². The molecule has 2 rings (SSSR count). The summed E-state index contributed by atoms with van der Waals surface area (Å²) >= 11 is 0. The molecule has 1 nitrogen and oxygen atoms in total. The van der Waals surface area contributed by atoms with Crippen molar-refractivity contribution in [1.82, 2.24) is 4.90 Å². The Morgan fingerprint density at radius 3 is 2.58 bits per heavy atom. The summed E-state index contributed by atoms with van der Waals surface area (Å²) in [7, 11) is 0. The Bertz CT molecular complexity index is 247. The van der Waals surface area contributed by atoms with Crippen LogP contribution in [0.4, 0.5) is 4.39 Å². The molecule has 0 N–H and O–H groups in total. The minimum atomic E-state index is -0.659. The van der Waals surface area contributed by atoms with Gasteiger partial charge in [-0.15, -0.1) is 0 Å². The van der Waals surface area contributed by atoms with Crippen molar-refractivity contribution in [3.8, 4) is 0 Å². The molecular formula is C10H12FN. The van der Waals surface area contributed by atoms with Crippen molar-refractivity contribution in [2.45, 2.75) is 12.7 Å². The Kier molecular flexibility index (Phi) is 2.09. The second-order valence-electron chi connectivity index (χ2n) is 3.17. The molecule has 1 aliphatic heterocycles. The van der Waals surface area contributed by atoms with Gasteiger partial charge in [-0.25, -0.2) is 4.39 Å². The quantitative estimate of drug-likeness (QED) is 0.488. The largest absolute Gasteiger partial charge is 0.268 e. The van der Waals surface area contributed by atoms with Crippen molar-refractivity contribution in [3.05, 3.63) is 35.9 Å². The molecule has 1 aromatic rings. The summed E-state index contributed by atoms with van der Waals surface area (Å²) in [6.07, 6.45) is 0.301. The van der Waals surface area contributed by atoms with Gasteiger partial charge >= 0.3 is 0 Å². The van der Waals surface area contributed by atoms with Gasteiger partial charge in [0.15, 0.2) is 6.30 Å². The van der Waals surface area contributed by atoms with Gasteiger partial charge in [-0.1, -0.05) is 30.3 Å². The van der Waals surface area contributed by atoms with Gasteiger partial charge in [0.1, 0.15) is 0 Å². The fourth-order valence-corrected chi connectivity index (χ4v) is 1.30. The maximum absolute atomic E-state index is 12.4. The minimum Gasteiger partial charge on any atom is -0.268 e. The highest BCUT2D eigenvalue weighted by molar-refractivity contribution is 5.15. The van der Waals surface area contributed by atoms with E-state index in [-0.39, 0.29) is 0 Å². The van der Waals surface area contributed by atoms with Crippen molar-refractivity contribution in [1.29, 1.82) is 0 Å². The second kappa shape index (κ2) is 3.23. The molecule has 1 heterocycles. The Hall–Kier alpha value is -0.890. The summed E-state index contributed by atoms with van der Waals surface area (Å²) < 4.78 is 12.4. The summed E-state index contributed by atoms with van der Waals surface area (Å²) in [6, 6.07) is 10.2. The Morgan fingerprint density at radius 2 is 2.00 bits per heavy atom. The van der Waals surface area contributed by atoms with Gasteiger partial charge in [0, 0.05) is 13.1 Å². The SMILES string of the molecule is FC1CN1CCc1ccccc1. The number of hydrogen-bond acceptors (Lipinski definition) is 1. The normalized spacial score (nSPS) is 27.1. The van der Waals surface area contributed by atoms with Gasteiger partial charge in [-0.2, -0.15) is 0 Å². The third kappa shape index (κ3) is 1.83. The molecule has 2 heteroatoms. The highest BCUT2D eigenvalue weighted by Gasteiger charge is 2.32. The maximum Gasteiger partial charge on any atom is 0.166 e. The van der Waals surface area contributed by atoms with Crippen molar-refractivity contribution in [2.75, 3.05) is 13.1 Å². The Labute approximate surface area is 71.8 Å². The first-order chi connectivity index (χ1) is 5.86. The van der Waals surface area contributed by atoms with E-state index in [0.717, 1.165) is 13.0 Å². The van der Waals surface area contributed by atoms with Gasteiger partial charge in [-0.05, 0) is 12.0 Å². The average Bonchev–Trinajstić information content (AvgIpc) is 2.81. The molecule has 2 unspecified atom stereocenters. The van der Waals surface area contributed by atoms with Crippen LogP contribution in [0.1, 0.15) is 5.56 Å². The van der Waals surface area contributed by atoms with Crippen LogP contribution in [0, 0.1) is 0 Å². The van der Waals surface area contributed by atoms with Crippen molar-refractivity contribution >= 4 is 0 Å². The van der Waals surface area contributed by atoms with E-state index in [1.54, 1.807) is 0 Å². The third-order valence-electron chi connectivity index (χ3n) is 2.18. The number of nitrogens with zero attached hydrogens (tertiary/aromatic N) is 1. The van der Waals surface area contributed by atoms with Gasteiger partial charge in [-0.3, -0.25) is 4.90 Å². The molecule has 2 atom stereocenters. The fraction of sp³-hybridized carbons (Fsp3) is 0.400. The molecule has 0 saturated carbocycles. The molecule has 12 heavy (non-hydrogen) atoms. The van der Waals surface area contributed by atoms with Gasteiger partial charge < -0.3 is 0 Å². The fourth-order valence-electron chi connectivity index (χ4n) is 1.30. The molecule has 0 aliphatic carbocycles. The molecule has 0 amide bonds. The van der Waals surface area contributed by atoms with E-state index in [0.29, 0.717) is 6.54 Å². The summed E-state index contributed by atoms with van der Waals surface area (Å²) in [5.74, 6) is 0. The molecule has 1 saturated heterocycles. The lowest BCUT2D eigenvalue weighted by Gasteiger charge is -2.00. The van der Waals surface area contributed by atoms with Crippen molar-refractivity contribution in [2.24, 2.45) is 0 Å². The van der Waals surface area contributed by atoms with E-state index < -0.39 is 6.30 Å². The van der Waals surface area contributed by atoms with Gasteiger partial charge in [0.05, 0.1) is 0 Å². The zero-order valence-electron chi connectivity index (χ0n) is 6.91. The van der Waals surface area contributed by atoms with E-state index in [1.807, 2.05) is 23.1 Å². The van der Waals surface area contributed by atoms with E-state index in [4.69, 9.17) is 0 Å². The van der Waals surface area contributed by atoms with Crippen molar-refractivity contribution in [3.63, 3.8) is 0 Å². The van der Waals surface area contributed by atoms with Crippen LogP contribution >= 0.6 is 0 Å². The summed E-state index contributed by atoms with van der Waals surface area (Å²) in [5, 5.41) is 0. The summed E-state index contributed by atoms with van der Waals surface area (Å²) in [5.41, 5.74) is 1.29. The standard InChI is InChI=1S/C10H12FN/c11-10-8-12(10)7-6-9-4-2-1-3-5-9/h1-5,10H,6-8H2. The predicted molar refractivity (Wildman–Crippen MR) is 46.6 cm³/mol. The molecule has 1 aromatic carbocycles. The zero-order chi connectivity index (χ0) is 8.39. The average molecular weight is 165 g/mol. The molecular weight excluding hydrogens is 153 g/mol. The van der Waals surface area contributed by atoms with Crippen LogP contribution in [0.15, 0.2) is 30.3 Å². The van der Waals surface area contributed by atoms with Crippen molar-refractivity contribution < 1.29 is 4.39 Å². The van der Waals surface area contributed by atoms with Crippen LogP contribution in [0.25, 0.3) is 0 Å². The van der Waals surface area contributed by atoms with Crippen LogP contribution in [0.5, 0.6) is 0 Å². The second-order valence-corrected chi connectivity index (χ2v) is 3.17. The monoisotopic (exact) mass is 165 g/mol. The molecule has 0 radical (unpaired) electrons. The lowest BCUT2D eigenvalue weighted by atomic mass is 10.1. The number of alkyl halides is 1. The molecule has 0 spiro atoms. The van der Waals surface area contributed by atoms with Crippen LogP contribution in [0.2, 0.25) is 0 Å². The lowest BCUT2D eigenvalue weighted by molar-refractivity contribution is 0.351. The molecule has 0 bridgehead atoms.